The average molecular weight is 374 g/mol. The maximum atomic E-state index is 12.0. The van der Waals surface area contributed by atoms with Gasteiger partial charge in [-0.1, -0.05) is 0 Å². The third kappa shape index (κ3) is 6.31. The molecular weight excluding hydrogens is 352 g/mol. The van der Waals surface area contributed by atoms with Gasteiger partial charge in [0.1, 0.15) is 16.4 Å². The Labute approximate surface area is 149 Å². The number of amides is 1. The number of rotatable bonds is 7. The van der Waals surface area contributed by atoms with E-state index in [1.807, 2.05) is 0 Å². The van der Waals surface area contributed by atoms with E-state index < -0.39 is 23.6 Å². The molecule has 0 spiro atoms. The largest absolute Gasteiger partial charge is 0.463 e. The van der Waals surface area contributed by atoms with E-state index in [2.05, 4.69) is 4.98 Å². The molecule has 0 saturated carbocycles. The minimum absolute atomic E-state index is 0.0311. The van der Waals surface area contributed by atoms with Crippen molar-refractivity contribution in [2.24, 2.45) is 0 Å². The van der Waals surface area contributed by atoms with Crippen molar-refractivity contribution in [2.45, 2.75) is 46.8 Å². The van der Waals surface area contributed by atoms with Gasteiger partial charge in [-0.25, -0.2) is 19.4 Å². The number of hydrogen-bond donors (Lipinski definition) is 1. The molecule has 10 heteroatoms. The molecule has 1 rings (SSSR count). The molecule has 0 fully saturated rings. The Hall–Kier alpha value is -2.20. The highest BCUT2D eigenvalue weighted by atomic mass is 32.1. The van der Waals surface area contributed by atoms with Crippen molar-refractivity contribution in [3.8, 4) is 0 Å². The summed E-state index contributed by atoms with van der Waals surface area (Å²) in [4.78, 5) is 44.7. The highest BCUT2D eigenvalue weighted by molar-refractivity contribution is 7.13. The molecule has 1 N–H and O–H groups in total. The topological polar surface area (TPSA) is 115 Å². The summed E-state index contributed by atoms with van der Waals surface area (Å²) < 4.78 is 9.79. The fraction of sp³-hybridized carbons (Fsp3) is 0.600. The molecule has 0 aliphatic carbocycles. The van der Waals surface area contributed by atoms with Crippen LogP contribution in [0.5, 0.6) is 0 Å². The monoisotopic (exact) mass is 374 g/mol. The van der Waals surface area contributed by atoms with Crippen molar-refractivity contribution in [1.29, 1.82) is 0 Å². The van der Waals surface area contributed by atoms with Crippen LogP contribution in [0.1, 0.15) is 59.8 Å². The number of hydroxylamine groups is 2. The zero-order valence-corrected chi connectivity index (χ0v) is 15.6. The number of thiazole rings is 1. The molecule has 0 atom stereocenters. The van der Waals surface area contributed by atoms with Crippen LogP contribution in [0, 0.1) is 0 Å². The molecule has 0 radical (unpaired) electrons. The van der Waals surface area contributed by atoms with Gasteiger partial charge in [-0.3, -0.25) is 4.84 Å². The molecule has 0 saturated heterocycles. The zero-order chi connectivity index (χ0) is 19.2. The van der Waals surface area contributed by atoms with Crippen LogP contribution in [-0.2, 0) is 20.9 Å². The first-order chi connectivity index (χ1) is 11.6. The van der Waals surface area contributed by atoms with Crippen molar-refractivity contribution in [3.05, 3.63) is 15.6 Å². The standard InChI is InChI=1S/C15H22N2O7S/c1-6-22-12(18)10-11(13(19)23-7-2)25-9(16-10)8-17(14(20)21)24-15(3,4)5/h6-8H2,1-5H3,(H,20,21). The maximum Gasteiger partial charge on any atom is 0.431 e. The van der Waals surface area contributed by atoms with Gasteiger partial charge in [0.05, 0.1) is 18.8 Å². The van der Waals surface area contributed by atoms with Crippen LogP contribution in [0.25, 0.3) is 0 Å². The molecule has 0 aromatic carbocycles. The summed E-state index contributed by atoms with van der Waals surface area (Å²) in [6.45, 7) is 8.33. The van der Waals surface area contributed by atoms with Crippen LogP contribution in [0.2, 0.25) is 0 Å². The van der Waals surface area contributed by atoms with Gasteiger partial charge in [-0.05, 0) is 34.6 Å². The molecule has 1 aromatic rings. The number of carbonyl (C=O) groups is 3. The first kappa shape index (κ1) is 20.8. The minimum atomic E-state index is -1.32. The summed E-state index contributed by atoms with van der Waals surface area (Å²) >= 11 is 0.862. The van der Waals surface area contributed by atoms with Crippen LogP contribution >= 0.6 is 11.3 Å². The third-order valence-corrected chi connectivity index (χ3v) is 3.50. The van der Waals surface area contributed by atoms with Crippen LogP contribution in [0.15, 0.2) is 0 Å². The second kappa shape index (κ2) is 8.77. The summed E-state index contributed by atoms with van der Waals surface area (Å²) in [7, 11) is 0. The van der Waals surface area contributed by atoms with E-state index >= 15 is 0 Å². The smallest absolute Gasteiger partial charge is 0.431 e. The van der Waals surface area contributed by atoms with Gasteiger partial charge < -0.3 is 14.6 Å². The Morgan fingerprint density at radius 1 is 1.12 bits per heavy atom. The summed E-state index contributed by atoms with van der Waals surface area (Å²) in [5.74, 6) is -1.49. The molecule has 0 bridgehead atoms. The van der Waals surface area contributed by atoms with Gasteiger partial charge in [0.25, 0.3) is 0 Å². The normalized spacial score (nSPS) is 11.1. The van der Waals surface area contributed by atoms with Gasteiger partial charge in [0.2, 0.25) is 0 Å². The summed E-state index contributed by atoms with van der Waals surface area (Å²) in [6.07, 6.45) is -1.32. The SMILES string of the molecule is CCOC(=O)c1nc(CN(OC(C)(C)C)C(=O)O)sc1C(=O)OCC. The Bertz CT molecular complexity index is 601. The second-order valence-corrected chi connectivity index (χ2v) is 6.83. The zero-order valence-electron chi connectivity index (χ0n) is 14.8. The van der Waals surface area contributed by atoms with Gasteiger partial charge in [0, 0.05) is 0 Å². The third-order valence-electron chi connectivity index (χ3n) is 2.48. The van der Waals surface area contributed by atoms with Gasteiger partial charge in [0.15, 0.2) is 5.69 Å². The summed E-state index contributed by atoms with van der Waals surface area (Å²) in [5, 5.41) is 10.2. The van der Waals surface area contributed by atoms with E-state index in [9.17, 15) is 19.5 Å². The Balaban J connectivity index is 3.14. The Kier molecular flexibility index (Phi) is 7.31. The van der Waals surface area contributed by atoms with Crippen molar-refractivity contribution >= 4 is 29.4 Å². The summed E-state index contributed by atoms with van der Waals surface area (Å²) in [6, 6.07) is 0. The average Bonchev–Trinajstić information content (AvgIpc) is 2.89. The lowest BCUT2D eigenvalue weighted by Crippen LogP contribution is -2.37. The van der Waals surface area contributed by atoms with Gasteiger partial charge in [-0.2, -0.15) is 5.06 Å². The fourth-order valence-electron chi connectivity index (χ4n) is 1.70. The maximum absolute atomic E-state index is 12.0. The number of esters is 2. The van der Waals surface area contributed by atoms with Crippen molar-refractivity contribution in [2.75, 3.05) is 13.2 Å². The number of carbonyl (C=O) groups excluding carboxylic acids is 2. The van der Waals surface area contributed by atoms with Crippen LogP contribution in [-0.4, -0.2) is 52.0 Å². The number of ether oxygens (including phenoxy) is 2. The molecule has 0 aliphatic rings. The highest BCUT2D eigenvalue weighted by Gasteiger charge is 2.28. The van der Waals surface area contributed by atoms with Gasteiger partial charge >= 0.3 is 18.0 Å². The second-order valence-electron chi connectivity index (χ2n) is 5.75. The predicted molar refractivity (Wildman–Crippen MR) is 88.4 cm³/mol. The first-order valence-electron chi connectivity index (χ1n) is 7.62. The Morgan fingerprint density at radius 3 is 2.16 bits per heavy atom. The quantitative estimate of drug-likeness (QED) is 0.572. The highest BCUT2D eigenvalue weighted by Crippen LogP contribution is 2.23. The lowest BCUT2D eigenvalue weighted by Gasteiger charge is -2.26. The fourth-order valence-corrected chi connectivity index (χ4v) is 2.62. The molecule has 1 aromatic heterocycles. The molecule has 0 aliphatic heterocycles. The lowest BCUT2D eigenvalue weighted by molar-refractivity contribution is -0.208. The van der Waals surface area contributed by atoms with E-state index in [1.54, 1.807) is 34.6 Å². The van der Waals surface area contributed by atoms with Crippen molar-refractivity contribution in [1.82, 2.24) is 10.0 Å². The van der Waals surface area contributed by atoms with E-state index in [-0.39, 0.29) is 35.3 Å². The van der Waals surface area contributed by atoms with Crippen LogP contribution in [0.4, 0.5) is 4.79 Å². The van der Waals surface area contributed by atoms with Crippen LogP contribution < -0.4 is 0 Å². The van der Waals surface area contributed by atoms with Gasteiger partial charge in [-0.15, -0.1) is 11.3 Å². The Morgan fingerprint density at radius 2 is 1.68 bits per heavy atom. The molecule has 140 valence electrons. The number of nitrogens with zero attached hydrogens (tertiary/aromatic N) is 2. The molecule has 9 nitrogen and oxygen atoms in total. The molecule has 1 amide bonds. The van der Waals surface area contributed by atoms with E-state index in [4.69, 9.17) is 14.3 Å². The van der Waals surface area contributed by atoms with Crippen molar-refractivity contribution in [3.63, 3.8) is 0 Å². The van der Waals surface area contributed by atoms with E-state index in [1.165, 1.54) is 0 Å². The number of hydrogen-bond acceptors (Lipinski definition) is 8. The van der Waals surface area contributed by atoms with Crippen LogP contribution in [0.3, 0.4) is 0 Å². The molecule has 25 heavy (non-hydrogen) atoms. The van der Waals surface area contributed by atoms with Crippen molar-refractivity contribution < 1.29 is 33.8 Å². The first-order valence-corrected chi connectivity index (χ1v) is 8.44. The molecule has 0 unspecified atom stereocenters. The molecular formula is C15H22N2O7S. The lowest BCUT2D eigenvalue weighted by atomic mass is 10.2. The van der Waals surface area contributed by atoms with E-state index in [0.717, 1.165) is 11.3 Å². The number of carboxylic acid groups (broad SMARTS) is 1. The summed E-state index contributed by atoms with van der Waals surface area (Å²) in [5.41, 5.74) is -0.940. The number of aromatic nitrogens is 1. The molecule has 1 heterocycles. The van der Waals surface area contributed by atoms with E-state index in [0.29, 0.717) is 5.06 Å². The predicted octanol–water partition coefficient (Wildman–Crippen LogP) is 2.71. The minimum Gasteiger partial charge on any atom is -0.463 e.